The van der Waals surface area contributed by atoms with Gasteiger partial charge < -0.3 is 4.18 Å². The van der Waals surface area contributed by atoms with Crippen molar-refractivity contribution in [3.05, 3.63) is 71.8 Å². The van der Waals surface area contributed by atoms with E-state index >= 15 is 0 Å². The van der Waals surface area contributed by atoms with Crippen molar-refractivity contribution in [2.24, 2.45) is 0 Å². The molecule has 3 aromatic carbocycles. The fourth-order valence-corrected chi connectivity index (χ4v) is 3.57. The lowest BCUT2D eigenvalue weighted by atomic mass is 10.1. The van der Waals surface area contributed by atoms with Crippen LogP contribution in [0, 0.1) is 0 Å². The average Bonchev–Trinajstić information content (AvgIpc) is 2.56. The van der Waals surface area contributed by atoms with E-state index < -0.39 is 22.4 Å². The Labute approximate surface area is 143 Å². The largest absolute Gasteiger partial charge is 0.379 e. The molecule has 0 bridgehead atoms. The van der Waals surface area contributed by atoms with Crippen LogP contribution in [-0.2, 0) is 26.1 Å². The standard InChI is InChI=1S/C16H11ClO4S2/c17-14-6-8-15(9-7-14)20-23(19)21-22(18)16-10-5-12-3-1-2-4-13(12)11-16/h1-11H. The van der Waals surface area contributed by atoms with Gasteiger partial charge in [0.05, 0.1) is 4.90 Å². The molecular formula is C16H11ClO4S2. The smallest absolute Gasteiger partial charge is 0.374 e. The van der Waals surface area contributed by atoms with E-state index in [4.69, 9.17) is 19.4 Å². The SMILES string of the molecule is O=S(Oc1ccc(Cl)cc1)OS(=O)c1ccc2ccccc2c1. The fourth-order valence-electron chi connectivity index (χ4n) is 1.94. The molecule has 0 aliphatic heterocycles. The van der Waals surface area contributed by atoms with Crippen LogP contribution in [0.3, 0.4) is 0 Å². The molecule has 2 unspecified atom stereocenters. The second-order valence-corrected chi connectivity index (χ2v) is 7.05. The summed E-state index contributed by atoms with van der Waals surface area (Å²) in [5.41, 5.74) is 0. The van der Waals surface area contributed by atoms with Crippen molar-refractivity contribution in [3.63, 3.8) is 0 Å². The molecule has 3 aromatic rings. The first kappa shape index (κ1) is 16.1. The third-order valence-corrected chi connectivity index (χ3v) is 5.17. The van der Waals surface area contributed by atoms with Crippen LogP contribution in [0.25, 0.3) is 10.8 Å². The van der Waals surface area contributed by atoms with Gasteiger partial charge in [-0.3, -0.25) is 0 Å². The number of hydrogen-bond donors (Lipinski definition) is 0. The van der Waals surface area contributed by atoms with Crippen LogP contribution >= 0.6 is 11.6 Å². The Morgan fingerprint density at radius 3 is 2.26 bits per heavy atom. The lowest BCUT2D eigenvalue weighted by molar-refractivity contribution is 0.473. The third-order valence-electron chi connectivity index (χ3n) is 3.01. The van der Waals surface area contributed by atoms with E-state index in [2.05, 4.69) is 0 Å². The van der Waals surface area contributed by atoms with Gasteiger partial charge in [0, 0.05) is 5.02 Å². The molecule has 0 saturated carbocycles. The first-order valence-corrected chi connectivity index (χ1v) is 9.02. The number of halogens is 1. The second-order valence-electron chi connectivity index (χ2n) is 4.55. The molecule has 0 aromatic heterocycles. The van der Waals surface area contributed by atoms with Crippen LogP contribution in [0.15, 0.2) is 71.6 Å². The molecule has 0 heterocycles. The monoisotopic (exact) mass is 366 g/mol. The van der Waals surface area contributed by atoms with Gasteiger partial charge in [0.1, 0.15) is 5.75 Å². The molecule has 0 saturated heterocycles. The summed E-state index contributed by atoms with van der Waals surface area (Å²) in [5.74, 6) is 0.309. The first-order valence-electron chi connectivity index (χ1n) is 6.57. The van der Waals surface area contributed by atoms with Crippen LogP contribution < -0.4 is 4.18 Å². The molecule has 23 heavy (non-hydrogen) atoms. The van der Waals surface area contributed by atoms with Gasteiger partial charge in [0.15, 0.2) is 0 Å². The third kappa shape index (κ3) is 4.17. The minimum atomic E-state index is -2.19. The van der Waals surface area contributed by atoms with Crippen molar-refractivity contribution >= 4 is 44.8 Å². The maximum absolute atomic E-state index is 12.1. The predicted octanol–water partition coefficient (Wildman–Crippen LogP) is 4.19. The molecule has 4 nitrogen and oxygen atoms in total. The number of rotatable bonds is 5. The maximum atomic E-state index is 12.1. The summed E-state index contributed by atoms with van der Waals surface area (Å²) in [7, 11) is 0. The zero-order valence-electron chi connectivity index (χ0n) is 11.7. The van der Waals surface area contributed by atoms with Crippen molar-refractivity contribution in [3.8, 4) is 5.75 Å². The van der Waals surface area contributed by atoms with E-state index in [1.54, 1.807) is 36.4 Å². The van der Waals surface area contributed by atoms with E-state index in [-0.39, 0.29) is 0 Å². The van der Waals surface area contributed by atoms with Crippen LogP contribution in [0.1, 0.15) is 0 Å². The Morgan fingerprint density at radius 2 is 1.52 bits per heavy atom. The van der Waals surface area contributed by atoms with Gasteiger partial charge >= 0.3 is 11.4 Å². The average molecular weight is 367 g/mol. The summed E-state index contributed by atoms with van der Waals surface area (Å²) >= 11 is 1.67. The summed E-state index contributed by atoms with van der Waals surface area (Å²) in [4.78, 5) is 0.414. The highest BCUT2D eigenvalue weighted by Crippen LogP contribution is 2.20. The Morgan fingerprint density at radius 1 is 0.826 bits per heavy atom. The van der Waals surface area contributed by atoms with E-state index in [0.717, 1.165) is 10.8 Å². The highest BCUT2D eigenvalue weighted by Gasteiger charge is 2.13. The van der Waals surface area contributed by atoms with Gasteiger partial charge in [-0.25, -0.2) is 4.21 Å². The molecule has 0 radical (unpaired) electrons. The summed E-state index contributed by atoms with van der Waals surface area (Å²) < 4.78 is 33.9. The quantitative estimate of drug-likeness (QED) is 0.679. The molecule has 118 valence electrons. The number of benzene rings is 3. The van der Waals surface area contributed by atoms with Crippen LogP contribution in [0.4, 0.5) is 0 Å². The van der Waals surface area contributed by atoms with E-state index in [0.29, 0.717) is 15.7 Å². The second kappa shape index (κ2) is 7.23. The lowest BCUT2D eigenvalue weighted by Crippen LogP contribution is -2.07. The van der Waals surface area contributed by atoms with Crippen molar-refractivity contribution in [1.82, 2.24) is 0 Å². The van der Waals surface area contributed by atoms with Crippen LogP contribution in [-0.4, -0.2) is 8.42 Å². The molecule has 0 spiro atoms. The molecule has 0 aliphatic carbocycles. The Hall–Kier alpha value is -1.73. The number of fused-ring (bicyclic) bond motifs is 1. The molecule has 0 fully saturated rings. The molecule has 0 amide bonds. The minimum absolute atomic E-state index is 0.309. The van der Waals surface area contributed by atoms with E-state index in [9.17, 15) is 8.42 Å². The lowest BCUT2D eigenvalue weighted by Gasteiger charge is -2.05. The molecule has 7 heteroatoms. The van der Waals surface area contributed by atoms with Crippen molar-refractivity contribution < 1.29 is 16.2 Å². The normalized spacial score (nSPS) is 13.6. The van der Waals surface area contributed by atoms with Crippen molar-refractivity contribution in [2.75, 3.05) is 0 Å². The Bertz CT molecular complexity index is 881. The highest BCUT2D eigenvalue weighted by molar-refractivity contribution is 7.91. The highest BCUT2D eigenvalue weighted by atomic mass is 35.5. The maximum Gasteiger partial charge on any atom is 0.374 e. The van der Waals surface area contributed by atoms with Gasteiger partial charge in [-0.05, 0) is 47.2 Å². The van der Waals surface area contributed by atoms with Gasteiger partial charge in [0.2, 0.25) is 11.1 Å². The summed E-state index contributed by atoms with van der Waals surface area (Å²) in [5, 5.41) is 2.47. The Kier molecular flexibility index (Phi) is 5.07. The summed E-state index contributed by atoms with van der Waals surface area (Å²) in [6, 6.07) is 19.1. The van der Waals surface area contributed by atoms with Gasteiger partial charge in [-0.2, -0.15) is 7.84 Å². The van der Waals surface area contributed by atoms with Gasteiger partial charge in [-0.15, -0.1) is 0 Å². The summed E-state index contributed by atoms with van der Waals surface area (Å²) in [6.07, 6.45) is 0. The van der Waals surface area contributed by atoms with Gasteiger partial charge in [0.25, 0.3) is 0 Å². The predicted molar refractivity (Wildman–Crippen MR) is 91.7 cm³/mol. The van der Waals surface area contributed by atoms with Crippen molar-refractivity contribution in [2.45, 2.75) is 4.90 Å². The van der Waals surface area contributed by atoms with E-state index in [1.807, 2.05) is 30.3 Å². The zero-order valence-corrected chi connectivity index (χ0v) is 14.1. The molecule has 3 rings (SSSR count). The topological polar surface area (TPSA) is 52.6 Å². The zero-order chi connectivity index (χ0) is 16.2. The number of hydrogen-bond acceptors (Lipinski definition) is 4. The fraction of sp³-hybridized carbons (Fsp3) is 0. The van der Waals surface area contributed by atoms with E-state index in [1.165, 1.54) is 0 Å². The minimum Gasteiger partial charge on any atom is -0.379 e. The molecule has 2 atom stereocenters. The molecular weight excluding hydrogens is 356 g/mol. The summed E-state index contributed by atoms with van der Waals surface area (Å²) in [6.45, 7) is 0. The van der Waals surface area contributed by atoms with Crippen molar-refractivity contribution in [1.29, 1.82) is 0 Å². The van der Waals surface area contributed by atoms with Crippen LogP contribution in [0.5, 0.6) is 5.75 Å². The molecule has 0 aliphatic rings. The Balaban J connectivity index is 1.69. The van der Waals surface area contributed by atoms with Crippen LogP contribution in [0.2, 0.25) is 5.02 Å². The molecule has 0 N–H and O–H groups in total. The van der Waals surface area contributed by atoms with Gasteiger partial charge in [-0.1, -0.05) is 41.9 Å². The first-order chi connectivity index (χ1) is 11.1.